The summed E-state index contributed by atoms with van der Waals surface area (Å²) in [7, 11) is 1.35. The second-order valence-corrected chi connectivity index (χ2v) is 5.17. The molecule has 0 amide bonds. The molecule has 110 valence electrons. The van der Waals surface area contributed by atoms with Gasteiger partial charge in [-0.25, -0.2) is 0 Å². The zero-order valence-corrected chi connectivity index (χ0v) is 12.6. The second-order valence-electron chi connectivity index (χ2n) is 5.17. The fourth-order valence-corrected chi connectivity index (χ4v) is 2.32. The first-order chi connectivity index (χ1) is 9.99. The van der Waals surface area contributed by atoms with Gasteiger partial charge in [0.15, 0.2) is 0 Å². The van der Waals surface area contributed by atoms with Crippen molar-refractivity contribution in [2.75, 3.05) is 7.11 Å². The van der Waals surface area contributed by atoms with Crippen molar-refractivity contribution in [1.29, 1.82) is 0 Å². The number of ether oxygens (including phenoxy) is 1. The maximum atomic E-state index is 11.3. The normalized spacial score (nSPS) is 12.0. The SMILES string of the molecule is COC(=O)[C@@H](N)Cc1ccc(-c2cc(C)nc(C)c2)cc1. The molecule has 2 aromatic rings. The largest absolute Gasteiger partial charge is 0.468 e. The van der Waals surface area contributed by atoms with E-state index in [1.165, 1.54) is 7.11 Å². The number of hydrogen-bond donors (Lipinski definition) is 1. The smallest absolute Gasteiger partial charge is 0.322 e. The van der Waals surface area contributed by atoms with E-state index in [0.29, 0.717) is 6.42 Å². The molecule has 2 rings (SSSR count). The van der Waals surface area contributed by atoms with Crippen molar-refractivity contribution in [2.45, 2.75) is 26.3 Å². The number of aryl methyl sites for hydroxylation is 2. The molecule has 0 bridgehead atoms. The Morgan fingerprint density at radius 1 is 1.14 bits per heavy atom. The Kier molecular flexibility index (Phi) is 4.70. The molecule has 0 saturated heterocycles. The summed E-state index contributed by atoms with van der Waals surface area (Å²) < 4.78 is 4.63. The van der Waals surface area contributed by atoms with Crippen molar-refractivity contribution in [3.8, 4) is 11.1 Å². The molecule has 0 spiro atoms. The number of carbonyl (C=O) groups is 1. The van der Waals surface area contributed by atoms with Crippen molar-refractivity contribution in [1.82, 2.24) is 4.98 Å². The second kappa shape index (κ2) is 6.50. The highest BCUT2D eigenvalue weighted by Crippen LogP contribution is 2.21. The molecular formula is C17H20N2O2. The van der Waals surface area contributed by atoms with Gasteiger partial charge in [-0.05, 0) is 49.1 Å². The van der Waals surface area contributed by atoms with E-state index in [1.807, 2.05) is 38.1 Å². The number of aromatic nitrogens is 1. The van der Waals surface area contributed by atoms with Gasteiger partial charge in [0.25, 0.3) is 0 Å². The van der Waals surface area contributed by atoms with Crippen molar-refractivity contribution in [2.24, 2.45) is 5.73 Å². The zero-order chi connectivity index (χ0) is 15.4. The Labute approximate surface area is 125 Å². The number of methoxy groups -OCH3 is 1. The minimum atomic E-state index is -0.619. The van der Waals surface area contributed by atoms with Gasteiger partial charge in [-0.15, -0.1) is 0 Å². The summed E-state index contributed by atoms with van der Waals surface area (Å²) in [6.07, 6.45) is 0.474. The van der Waals surface area contributed by atoms with Gasteiger partial charge >= 0.3 is 5.97 Å². The van der Waals surface area contributed by atoms with Crippen LogP contribution in [0.4, 0.5) is 0 Å². The number of nitrogens with zero attached hydrogens (tertiary/aromatic N) is 1. The fourth-order valence-electron chi connectivity index (χ4n) is 2.32. The lowest BCUT2D eigenvalue weighted by atomic mass is 10.0. The van der Waals surface area contributed by atoms with Crippen molar-refractivity contribution >= 4 is 5.97 Å². The van der Waals surface area contributed by atoms with Crippen LogP contribution in [0, 0.1) is 13.8 Å². The van der Waals surface area contributed by atoms with Crippen LogP contribution in [0.3, 0.4) is 0 Å². The van der Waals surface area contributed by atoms with E-state index in [4.69, 9.17) is 5.73 Å². The first kappa shape index (κ1) is 15.2. The third-order valence-electron chi connectivity index (χ3n) is 3.33. The summed E-state index contributed by atoms with van der Waals surface area (Å²) >= 11 is 0. The van der Waals surface area contributed by atoms with Crippen LogP contribution >= 0.6 is 0 Å². The number of rotatable bonds is 4. The van der Waals surface area contributed by atoms with Gasteiger partial charge in [0.1, 0.15) is 6.04 Å². The molecular weight excluding hydrogens is 264 g/mol. The third kappa shape index (κ3) is 3.89. The Bertz CT molecular complexity index is 615. The summed E-state index contributed by atoms with van der Waals surface area (Å²) in [4.78, 5) is 15.7. The van der Waals surface area contributed by atoms with Crippen LogP contribution in [0.15, 0.2) is 36.4 Å². The molecule has 0 saturated carbocycles. The van der Waals surface area contributed by atoms with E-state index in [-0.39, 0.29) is 5.97 Å². The first-order valence-electron chi connectivity index (χ1n) is 6.87. The maximum absolute atomic E-state index is 11.3. The predicted octanol–water partition coefficient (Wildman–Crippen LogP) is 2.41. The van der Waals surface area contributed by atoms with Crippen LogP contribution in [0.1, 0.15) is 17.0 Å². The van der Waals surface area contributed by atoms with E-state index in [2.05, 4.69) is 21.9 Å². The molecule has 1 atom stereocenters. The van der Waals surface area contributed by atoms with E-state index in [1.54, 1.807) is 0 Å². The Morgan fingerprint density at radius 2 is 1.71 bits per heavy atom. The molecule has 4 heteroatoms. The van der Waals surface area contributed by atoms with E-state index >= 15 is 0 Å². The van der Waals surface area contributed by atoms with Gasteiger partial charge in [0, 0.05) is 11.4 Å². The highest BCUT2D eigenvalue weighted by molar-refractivity contribution is 5.75. The Hall–Kier alpha value is -2.20. The topological polar surface area (TPSA) is 65.2 Å². The lowest BCUT2D eigenvalue weighted by Gasteiger charge is -2.10. The van der Waals surface area contributed by atoms with Crippen molar-refractivity contribution in [3.63, 3.8) is 0 Å². The average molecular weight is 284 g/mol. The standard InChI is InChI=1S/C17H20N2O2/c1-11-8-15(9-12(2)19-11)14-6-4-13(5-7-14)10-16(18)17(20)21-3/h4-9,16H,10,18H2,1-3H3/t16-/m0/s1. The van der Waals surface area contributed by atoms with Crippen LogP contribution < -0.4 is 5.73 Å². The van der Waals surface area contributed by atoms with Crippen LogP contribution in [0.25, 0.3) is 11.1 Å². The monoisotopic (exact) mass is 284 g/mol. The molecule has 1 aromatic heterocycles. The average Bonchev–Trinajstić information content (AvgIpc) is 2.46. The lowest BCUT2D eigenvalue weighted by Crippen LogP contribution is -2.33. The molecule has 0 radical (unpaired) electrons. The van der Waals surface area contributed by atoms with Crippen LogP contribution in [-0.4, -0.2) is 24.1 Å². The van der Waals surface area contributed by atoms with E-state index < -0.39 is 6.04 Å². The zero-order valence-electron chi connectivity index (χ0n) is 12.6. The van der Waals surface area contributed by atoms with Gasteiger partial charge < -0.3 is 10.5 Å². The van der Waals surface area contributed by atoms with Crippen molar-refractivity contribution in [3.05, 3.63) is 53.3 Å². The van der Waals surface area contributed by atoms with Crippen LogP contribution in [0.5, 0.6) is 0 Å². The summed E-state index contributed by atoms with van der Waals surface area (Å²) in [5.74, 6) is -0.389. The number of esters is 1. The van der Waals surface area contributed by atoms with Gasteiger partial charge in [0.05, 0.1) is 7.11 Å². The molecule has 21 heavy (non-hydrogen) atoms. The maximum Gasteiger partial charge on any atom is 0.322 e. The molecule has 2 N–H and O–H groups in total. The summed E-state index contributed by atoms with van der Waals surface area (Å²) in [6, 6.07) is 11.5. The molecule has 0 fully saturated rings. The highest BCUT2D eigenvalue weighted by atomic mass is 16.5. The summed E-state index contributed by atoms with van der Waals surface area (Å²) in [5, 5.41) is 0. The van der Waals surface area contributed by atoms with E-state index in [0.717, 1.165) is 28.1 Å². The molecule has 0 aliphatic carbocycles. The number of benzene rings is 1. The van der Waals surface area contributed by atoms with Gasteiger partial charge in [0.2, 0.25) is 0 Å². The van der Waals surface area contributed by atoms with Gasteiger partial charge in [-0.1, -0.05) is 24.3 Å². The first-order valence-corrected chi connectivity index (χ1v) is 6.87. The fraction of sp³-hybridized carbons (Fsp3) is 0.294. The van der Waals surface area contributed by atoms with E-state index in [9.17, 15) is 4.79 Å². The number of nitrogens with two attached hydrogens (primary N) is 1. The van der Waals surface area contributed by atoms with Crippen LogP contribution in [-0.2, 0) is 16.0 Å². The third-order valence-corrected chi connectivity index (χ3v) is 3.33. The molecule has 0 aliphatic heterocycles. The summed E-state index contributed by atoms with van der Waals surface area (Å²) in [6.45, 7) is 3.97. The number of hydrogen-bond acceptors (Lipinski definition) is 4. The molecule has 1 aromatic carbocycles. The number of pyridine rings is 1. The highest BCUT2D eigenvalue weighted by Gasteiger charge is 2.14. The minimum absolute atomic E-state index is 0.389. The molecule has 0 unspecified atom stereocenters. The Morgan fingerprint density at radius 3 is 2.24 bits per heavy atom. The van der Waals surface area contributed by atoms with Crippen LogP contribution in [0.2, 0.25) is 0 Å². The molecule has 1 heterocycles. The minimum Gasteiger partial charge on any atom is -0.468 e. The molecule has 4 nitrogen and oxygen atoms in total. The summed E-state index contributed by atoms with van der Waals surface area (Å²) in [5.41, 5.74) is 11.0. The van der Waals surface area contributed by atoms with Crippen molar-refractivity contribution < 1.29 is 9.53 Å². The predicted molar refractivity (Wildman–Crippen MR) is 82.8 cm³/mol. The molecule has 0 aliphatic rings. The van der Waals surface area contributed by atoms with Gasteiger partial charge in [-0.2, -0.15) is 0 Å². The quantitative estimate of drug-likeness (QED) is 0.876. The Balaban J connectivity index is 2.17. The lowest BCUT2D eigenvalue weighted by molar-refractivity contribution is -0.142. The van der Waals surface area contributed by atoms with Gasteiger partial charge in [-0.3, -0.25) is 9.78 Å². The number of carbonyl (C=O) groups excluding carboxylic acids is 1.